The first-order valence-electron chi connectivity index (χ1n) is 8.16. The number of nitrogens with one attached hydrogen (secondary N) is 2. The molecule has 0 saturated carbocycles. The van der Waals surface area contributed by atoms with Gasteiger partial charge in [-0.2, -0.15) is 0 Å². The monoisotopic (exact) mass is 328 g/mol. The number of hydrogen-bond donors (Lipinski definition) is 2. The van der Waals surface area contributed by atoms with Crippen molar-refractivity contribution in [1.82, 2.24) is 0 Å². The maximum Gasteiger partial charge on any atom is 0.279 e. The molecule has 3 rings (SSSR count). The number of likely N-dealkylation sites (N-methyl/N-ethyl adjacent to an activating group) is 1. The summed E-state index contributed by atoms with van der Waals surface area (Å²) >= 11 is 0. The second-order valence-corrected chi connectivity index (χ2v) is 6.13. The molecule has 1 atom stereocenters. The molecule has 24 heavy (non-hydrogen) atoms. The second kappa shape index (κ2) is 7.31. The van der Waals surface area contributed by atoms with Crippen LogP contribution in [-0.4, -0.2) is 32.0 Å². The SMILES string of the molecule is C[NH+](CC(=O)Nc1ccc(N2CCCC2=O)cc1)Cc1ccco1. The Balaban J connectivity index is 1.51. The average molecular weight is 328 g/mol. The van der Waals surface area contributed by atoms with Gasteiger partial charge in [-0.3, -0.25) is 9.59 Å². The summed E-state index contributed by atoms with van der Waals surface area (Å²) in [6.45, 7) is 1.79. The van der Waals surface area contributed by atoms with Crippen molar-refractivity contribution < 1.29 is 18.9 Å². The number of quaternary nitrogens is 1. The van der Waals surface area contributed by atoms with Gasteiger partial charge in [0.1, 0.15) is 6.54 Å². The third-order valence-electron chi connectivity index (χ3n) is 4.05. The van der Waals surface area contributed by atoms with Crippen LogP contribution < -0.4 is 15.1 Å². The van der Waals surface area contributed by atoms with E-state index < -0.39 is 0 Å². The van der Waals surface area contributed by atoms with Gasteiger partial charge in [-0.1, -0.05) is 0 Å². The largest absolute Gasteiger partial charge is 0.463 e. The molecule has 1 aliphatic heterocycles. The molecule has 6 heteroatoms. The smallest absolute Gasteiger partial charge is 0.279 e. The summed E-state index contributed by atoms with van der Waals surface area (Å²) in [6, 6.07) is 11.2. The van der Waals surface area contributed by atoms with Gasteiger partial charge in [-0.25, -0.2) is 0 Å². The summed E-state index contributed by atoms with van der Waals surface area (Å²) in [5.74, 6) is 0.971. The lowest BCUT2D eigenvalue weighted by Crippen LogP contribution is -3.08. The van der Waals surface area contributed by atoms with Gasteiger partial charge in [0, 0.05) is 24.3 Å². The second-order valence-electron chi connectivity index (χ2n) is 6.13. The fourth-order valence-electron chi connectivity index (χ4n) is 2.90. The Labute approximate surface area is 141 Å². The molecular formula is C18H22N3O3+. The zero-order chi connectivity index (χ0) is 16.9. The quantitative estimate of drug-likeness (QED) is 0.833. The number of hydrogen-bond acceptors (Lipinski definition) is 3. The molecule has 6 nitrogen and oxygen atoms in total. The number of carbonyl (C=O) groups excluding carboxylic acids is 2. The molecule has 2 heterocycles. The highest BCUT2D eigenvalue weighted by Crippen LogP contribution is 2.22. The summed E-state index contributed by atoms with van der Waals surface area (Å²) in [5, 5.41) is 2.89. The van der Waals surface area contributed by atoms with Crippen LogP contribution in [0, 0.1) is 0 Å². The number of benzene rings is 1. The van der Waals surface area contributed by atoms with Crippen LogP contribution in [0.5, 0.6) is 0 Å². The van der Waals surface area contributed by atoms with Crippen LogP contribution in [0.1, 0.15) is 18.6 Å². The first-order chi connectivity index (χ1) is 11.6. The van der Waals surface area contributed by atoms with Gasteiger partial charge in [-0.15, -0.1) is 0 Å². The molecule has 0 radical (unpaired) electrons. The van der Waals surface area contributed by atoms with Crippen LogP contribution in [0.3, 0.4) is 0 Å². The zero-order valence-electron chi connectivity index (χ0n) is 13.7. The highest BCUT2D eigenvalue weighted by molar-refractivity contribution is 5.96. The summed E-state index contributed by atoms with van der Waals surface area (Å²) in [6.07, 6.45) is 3.15. The van der Waals surface area contributed by atoms with Gasteiger partial charge in [0.2, 0.25) is 5.91 Å². The Bertz CT molecular complexity index is 695. The summed E-state index contributed by atoms with van der Waals surface area (Å²) < 4.78 is 5.29. The number of anilines is 2. The number of amides is 2. The van der Waals surface area contributed by atoms with Crippen molar-refractivity contribution in [1.29, 1.82) is 0 Å². The molecule has 0 spiro atoms. The molecule has 1 aromatic heterocycles. The summed E-state index contributed by atoms with van der Waals surface area (Å²) in [5.41, 5.74) is 1.62. The van der Waals surface area contributed by atoms with E-state index in [0.717, 1.165) is 35.0 Å². The van der Waals surface area contributed by atoms with Crippen LogP contribution in [-0.2, 0) is 16.1 Å². The van der Waals surface area contributed by atoms with Gasteiger partial charge in [0.05, 0.1) is 13.3 Å². The third-order valence-corrected chi connectivity index (χ3v) is 4.05. The molecule has 1 fully saturated rings. The molecule has 126 valence electrons. The summed E-state index contributed by atoms with van der Waals surface area (Å²) in [4.78, 5) is 26.7. The first-order valence-corrected chi connectivity index (χ1v) is 8.16. The van der Waals surface area contributed by atoms with Crippen LogP contribution >= 0.6 is 0 Å². The van der Waals surface area contributed by atoms with E-state index in [0.29, 0.717) is 19.5 Å². The highest BCUT2D eigenvalue weighted by Gasteiger charge is 2.21. The highest BCUT2D eigenvalue weighted by atomic mass is 16.3. The van der Waals surface area contributed by atoms with E-state index in [1.54, 1.807) is 11.2 Å². The lowest BCUT2D eigenvalue weighted by Gasteiger charge is -2.16. The van der Waals surface area contributed by atoms with E-state index in [1.165, 1.54) is 0 Å². The van der Waals surface area contributed by atoms with E-state index in [9.17, 15) is 9.59 Å². The average Bonchev–Trinajstić information content (AvgIpc) is 3.19. The minimum absolute atomic E-state index is 0.0518. The fourth-order valence-corrected chi connectivity index (χ4v) is 2.90. The molecule has 2 N–H and O–H groups in total. The predicted octanol–water partition coefficient (Wildman–Crippen LogP) is 1.06. The van der Waals surface area contributed by atoms with Crippen LogP contribution in [0.4, 0.5) is 11.4 Å². The minimum Gasteiger partial charge on any atom is -0.463 e. The number of nitrogens with zero attached hydrogens (tertiary/aromatic N) is 1. The van der Waals surface area contributed by atoms with E-state index in [4.69, 9.17) is 4.42 Å². The number of carbonyl (C=O) groups is 2. The van der Waals surface area contributed by atoms with Crippen molar-refractivity contribution in [3.05, 3.63) is 48.4 Å². The Morgan fingerprint density at radius 3 is 2.71 bits per heavy atom. The number of furan rings is 1. The van der Waals surface area contributed by atoms with Gasteiger partial charge in [0.25, 0.3) is 5.91 Å². The zero-order valence-corrected chi connectivity index (χ0v) is 13.7. The topological polar surface area (TPSA) is 67.0 Å². The molecule has 1 aromatic carbocycles. The maximum atomic E-state index is 12.1. The number of rotatable bonds is 6. The molecule has 2 amide bonds. The lowest BCUT2D eigenvalue weighted by atomic mass is 10.2. The van der Waals surface area contributed by atoms with Gasteiger partial charge >= 0.3 is 0 Å². The van der Waals surface area contributed by atoms with E-state index in [1.807, 2.05) is 43.4 Å². The van der Waals surface area contributed by atoms with Crippen LogP contribution in [0.15, 0.2) is 47.1 Å². The molecule has 0 aliphatic carbocycles. The standard InChI is InChI=1S/C18H21N3O3/c1-20(12-16-4-3-11-24-16)13-17(22)19-14-6-8-15(9-7-14)21-10-2-5-18(21)23/h3-4,6-9,11H,2,5,10,12-13H2,1H3,(H,19,22)/p+1. The van der Waals surface area contributed by atoms with E-state index >= 15 is 0 Å². The van der Waals surface area contributed by atoms with E-state index in [2.05, 4.69) is 5.32 Å². The molecular weight excluding hydrogens is 306 g/mol. The predicted molar refractivity (Wildman–Crippen MR) is 90.8 cm³/mol. The molecule has 2 aromatic rings. The normalized spacial score (nSPS) is 15.5. The van der Waals surface area contributed by atoms with Crippen molar-refractivity contribution in [2.75, 3.05) is 30.4 Å². The summed E-state index contributed by atoms with van der Waals surface area (Å²) in [7, 11) is 1.95. The van der Waals surface area contributed by atoms with Crippen LogP contribution in [0.25, 0.3) is 0 Å². The van der Waals surface area contributed by atoms with Gasteiger partial charge in [0.15, 0.2) is 12.3 Å². The third kappa shape index (κ3) is 4.02. The van der Waals surface area contributed by atoms with Gasteiger partial charge < -0.3 is 19.5 Å². The lowest BCUT2D eigenvalue weighted by molar-refractivity contribution is -0.886. The van der Waals surface area contributed by atoms with Crippen LogP contribution in [0.2, 0.25) is 0 Å². The van der Waals surface area contributed by atoms with Crippen molar-refractivity contribution in [2.45, 2.75) is 19.4 Å². The van der Waals surface area contributed by atoms with Crippen molar-refractivity contribution >= 4 is 23.2 Å². The Hall–Kier alpha value is -2.60. The Kier molecular flexibility index (Phi) is 4.96. The fraction of sp³-hybridized carbons (Fsp3) is 0.333. The molecule has 1 aliphatic rings. The Morgan fingerprint density at radius 1 is 1.29 bits per heavy atom. The van der Waals surface area contributed by atoms with Gasteiger partial charge in [-0.05, 0) is 42.8 Å². The minimum atomic E-state index is -0.0518. The molecule has 0 bridgehead atoms. The van der Waals surface area contributed by atoms with E-state index in [-0.39, 0.29) is 11.8 Å². The molecule has 1 saturated heterocycles. The Morgan fingerprint density at radius 2 is 2.08 bits per heavy atom. The first kappa shape index (κ1) is 16.3. The van der Waals surface area contributed by atoms with Crippen molar-refractivity contribution in [3.63, 3.8) is 0 Å². The maximum absolute atomic E-state index is 12.1. The van der Waals surface area contributed by atoms with Crippen molar-refractivity contribution in [2.24, 2.45) is 0 Å². The molecule has 1 unspecified atom stereocenters. The van der Waals surface area contributed by atoms with Crippen molar-refractivity contribution in [3.8, 4) is 0 Å².